The largest absolute Gasteiger partial charge is 0.493 e. The minimum absolute atomic E-state index is 0. The van der Waals surface area contributed by atoms with Gasteiger partial charge in [-0.15, -0.1) is 12.4 Å². The van der Waals surface area contributed by atoms with E-state index in [4.69, 9.17) is 21.1 Å². The molecule has 1 aliphatic heterocycles. The summed E-state index contributed by atoms with van der Waals surface area (Å²) in [5.74, 6) is 0.604. The second-order valence-corrected chi connectivity index (χ2v) is 5.53. The molecule has 8 heteroatoms. The quantitative estimate of drug-likeness (QED) is 0.712. The number of benzene rings is 1. The van der Waals surface area contributed by atoms with E-state index >= 15 is 0 Å². The number of ether oxygens (including phenoxy) is 2. The Bertz CT molecular complexity index is 542. The number of aliphatic hydroxyl groups is 1. The van der Waals surface area contributed by atoms with Crippen molar-refractivity contribution in [3.63, 3.8) is 0 Å². The van der Waals surface area contributed by atoms with Crippen LogP contribution < -0.4 is 20.1 Å². The molecule has 2 unspecified atom stereocenters. The maximum Gasteiger partial charge on any atom is 0.251 e. The molecule has 0 bridgehead atoms. The van der Waals surface area contributed by atoms with E-state index in [1.165, 1.54) is 7.11 Å². The maximum atomic E-state index is 12.2. The van der Waals surface area contributed by atoms with Crippen molar-refractivity contribution in [3.8, 4) is 11.5 Å². The summed E-state index contributed by atoms with van der Waals surface area (Å²) in [7, 11) is 1.50. The van der Waals surface area contributed by atoms with E-state index in [2.05, 4.69) is 10.6 Å². The third-order valence-corrected chi connectivity index (χ3v) is 3.89. The molecule has 1 aromatic carbocycles. The van der Waals surface area contributed by atoms with Gasteiger partial charge in [0.2, 0.25) is 0 Å². The van der Waals surface area contributed by atoms with E-state index in [9.17, 15) is 9.90 Å². The topological polar surface area (TPSA) is 79.8 Å². The molecular formula is C15H22Cl2N2O4. The van der Waals surface area contributed by atoms with E-state index in [0.717, 1.165) is 0 Å². The lowest BCUT2D eigenvalue weighted by atomic mass is 10.1. The molecule has 0 aromatic heterocycles. The summed E-state index contributed by atoms with van der Waals surface area (Å²) < 4.78 is 10.6. The Morgan fingerprint density at radius 3 is 2.78 bits per heavy atom. The van der Waals surface area contributed by atoms with Crippen LogP contribution in [0.5, 0.6) is 11.5 Å². The summed E-state index contributed by atoms with van der Waals surface area (Å²) in [5.41, 5.74) is 0.394. The predicted molar refractivity (Wildman–Crippen MR) is 91.1 cm³/mol. The molecule has 2 atom stereocenters. The molecule has 0 spiro atoms. The molecule has 23 heavy (non-hydrogen) atoms. The smallest absolute Gasteiger partial charge is 0.251 e. The lowest BCUT2D eigenvalue weighted by Gasteiger charge is -2.16. The molecule has 0 saturated carbocycles. The van der Waals surface area contributed by atoms with Crippen molar-refractivity contribution in [1.82, 2.24) is 10.6 Å². The number of β-amino-alcohol motifs (C(OH)–C–C–N with tert-alkyl or cyclic N) is 1. The van der Waals surface area contributed by atoms with Gasteiger partial charge in [-0.2, -0.15) is 0 Å². The van der Waals surface area contributed by atoms with Gasteiger partial charge in [-0.3, -0.25) is 4.79 Å². The second kappa shape index (κ2) is 9.17. The average Bonchev–Trinajstić information content (AvgIpc) is 2.92. The van der Waals surface area contributed by atoms with Crippen LogP contribution in [0.15, 0.2) is 12.1 Å². The van der Waals surface area contributed by atoms with E-state index in [1.54, 1.807) is 12.1 Å². The summed E-state index contributed by atoms with van der Waals surface area (Å²) in [4.78, 5) is 12.2. The van der Waals surface area contributed by atoms with Gasteiger partial charge in [0.1, 0.15) is 0 Å². The van der Waals surface area contributed by atoms with Crippen molar-refractivity contribution in [1.29, 1.82) is 0 Å². The molecule has 1 saturated heterocycles. The Hall–Kier alpha value is -1.21. The molecule has 2 rings (SSSR count). The molecule has 0 aliphatic carbocycles. The predicted octanol–water partition coefficient (Wildman–Crippen LogP) is 1.48. The van der Waals surface area contributed by atoms with E-state index in [-0.39, 0.29) is 24.2 Å². The van der Waals surface area contributed by atoms with Gasteiger partial charge in [0.05, 0.1) is 24.8 Å². The minimum atomic E-state index is -0.432. The van der Waals surface area contributed by atoms with Crippen molar-refractivity contribution < 1.29 is 19.4 Å². The van der Waals surface area contributed by atoms with Crippen LogP contribution in [-0.4, -0.2) is 50.5 Å². The van der Waals surface area contributed by atoms with Crippen molar-refractivity contribution in [2.45, 2.75) is 13.0 Å². The SMILES string of the molecule is CCOc1c(Cl)cc(C(=O)NCC2CNCC2O)cc1OC.Cl. The fourth-order valence-electron chi connectivity index (χ4n) is 2.39. The average molecular weight is 365 g/mol. The number of rotatable bonds is 6. The first-order valence-electron chi connectivity index (χ1n) is 7.24. The third kappa shape index (κ3) is 4.88. The maximum absolute atomic E-state index is 12.2. The van der Waals surface area contributed by atoms with Crippen LogP contribution in [0.3, 0.4) is 0 Å². The van der Waals surface area contributed by atoms with Crippen molar-refractivity contribution >= 4 is 29.9 Å². The van der Waals surface area contributed by atoms with Gasteiger partial charge >= 0.3 is 0 Å². The molecule has 1 fully saturated rings. The number of amides is 1. The van der Waals surface area contributed by atoms with Gasteiger partial charge in [-0.1, -0.05) is 11.6 Å². The highest BCUT2D eigenvalue weighted by molar-refractivity contribution is 6.32. The summed E-state index contributed by atoms with van der Waals surface area (Å²) in [6.07, 6.45) is -0.432. The molecule has 1 heterocycles. The molecule has 1 aliphatic rings. The van der Waals surface area contributed by atoms with Crippen LogP contribution in [0, 0.1) is 5.92 Å². The monoisotopic (exact) mass is 364 g/mol. The Morgan fingerprint density at radius 1 is 1.48 bits per heavy atom. The normalized spacial score (nSPS) is 19.8. The Labute approximate surface area is 146 Å². The van der Waals surface area contributed by atoms with Gasteiger partial charge in [0, 0.05) is 31.1 Å². The Morgan fingerprint density at radius 2 is 2.22 bits per heavy atom. The van der Waals surface area contributed by atoms with Gasteiger partial charge in [0.15, 0.2) is 11.5 Å². The number of methoxy groups -OCH3 is 1. The lowest BCUT2D eigenvalue weighted by Crippen LogP contribution is -2.34. The highest BCUT2D eigenvalue weighted by Crippen LogP contribution is 2.36. The number of carbonyl (C=O) groups excluding carboxylic acids is 1. The zero-order valence-corrected chi connectivity index (χ0v) is 14.7. The van der Waals surface area contributed by atoms with E-state index in [0.29, 0.717) is 48.3 Å². The fraction of sp³-hybridized carbons (Fsp3) is 0.533. The molecule has 1 amide bonds. The van der Waals surface area contributed by atoms with E-state index < -0.39 is 6.10 Å². The van der Waals surface area contributed by atoms with Gasteiger partial charge < -0.3 is 25.2 Å². The lowest BCUT2D eigenvalue weighted by molar-refractivity contribution is 0.0926. The van der Waals surface area contributed by atoms with Crippen LogP contribution in [0.25, 0.3) is 0 Å². The van der Waals surface area contributed by atoms with E-state index in [1.807, 2.05) is 6.92 Å². The third-order valence-electron chi connectivity index (χ3n) is 3.61. The fourth-order valence-corrected chi connectivity index (χ4v) is 2.65. The Balaban J connectivity index is 0.00000264. The number of nitrogens with one attached hydrogen (secondary N) is 2. The van der Waals surface area contributed by atoms with Crippen LogP contribution >= 0.6 is 24.0 Å². The molecule has 130 valence electrons. The number of aliphatic hydroxyl groups excluding tert-OH is 1. The number of halogens is 2. The molecule has 1 aromatic rings. The van der Waals surface area contributed by atoms with Crippen molar-refractivity contribution in [2.24, 2.45) is 5.92 Å². The highest BCUT2D eigenvalue weighted by Gasteiger charge is 2.25. The second-order valence-electron chi connectivity index (χ2n) is 5.12. The number of hydrogen-bond acceptors (Lipinski definition) is 5. The number of carbonyl (C=O) groups is 1. The van der Waals surface area contributed by atoms with Crippen molar-refractivity contribution in [3.05, 3.63) is 22.7 Å². The molecular weight excluding hydrogens is 343 g/mol. The summed E-state index contributed by atoms with van der Waals surface area (Å²) in [5, 5.41) is 15.9. The number of hydrogen-bond donors (Lipinski definition) is 3. The first-order chi connectivity index (χ1) is 10.6. The van der Waals surface area contributed by atoms with Crippen molar-refractivity contribution in [2.75, 3.05) is 33.4 Å². The summed E-state index contributed by atoms with van der Waals surface area (Å²) in [6.45, 7) is 3.95. The molecule has 0 radical (unpaired) electrons. The van der Waals surface area contributed by atoms with Crippen LogP contribution in [0.4, 0.5) is 0 Å². The van der Waals surface area contributed by atoms with Gasteiger partial charge in [0.25, 0.3) is 5.91 Å². The standard InChI is InChI=1S/C15H21ClN2O4.ClH/c1-3-22-14-11(16)4-9(5-13(14)21-2)15(20)18-7-10-6-17-8-12(10)19;/h4-5,10,12,17,19H,3,6-8H2,1-2H3,(H,18,20);1H. The first kappa shape index (κ1) is 19.8. The van der Waals surface area contributed by atoms with Crippen LogP contribution in [0.2, 0.25) is 5.02 Å². The Kier molecular flexibility index (Phi) is 7.91. The molecule has 3 N–H and O–H groups in total. The summed E-state index contributed by atoms with van der Waals surface area (Å²) in [6, 6.07) is 3.14. The van der Waals surface area contributed by atoms with Gasteiger partial charge in [-0.25, -0.2) is 0 Å². The van der Waals surface area contributed by atoms with Gasteiger partial charge in [-0.05, 0) is 19.1 Å². The van der Waals surface area contributed by atoms with Crippen LogP contribution in [-0.2, 0) is 0 Å². The highest BCUT2D eigenvalue weighted by atomic mass is 35.5. The summed E-state index contributed by atoms with van der Waals surface area (Å²) >= 11 is 6.15. The zero-order valence-electron chi connectivity index (χ0n) is 13.1. The first-order valence-corrected chi connectivity index (χ1v) is 7.61. The molecule has 6 nitrogen and oxygen atoms in total. The zero-order chi connectivity index (χ0) is 16.1. The minimum Gasteiger partial charge on any atom is -0.493 e. The van der Waals surface area contributed by atoms with Crippen LogP contribution in [0.1, 0.15) is 17.3 Å².